The molecular formula is C21H24N2O4. The Bertz CT molecular complexity index is 841. The molecule has 0 aliphatic heterocycles. The van der Waals surface area contributed by atoms with Gasteiger partial charge in [0.2, 0.25) is 0 Å². The third-order valence-corrected chi connectivity index (χ3v) is 4.07. The summed E-state index contributed by atoms with van der Waals surface area (Å²) in [5, 5.41) is 5.31. The van der Waals surface area contributed by atoms with Crippen LogP contribution in [0.2, 0.25) is 0 Å². The summed E-state index contributed by atoms with van der Waals surface area (Å²) in [6, 6.07) is 11.8. The zero-order valence-corrected chi connectivity index (χ0v) is 16.0. The highest BCUT2D eigenvalue weighted by Gasteiger charge is 2.19. The van der Waals surface area contributed by atoms with Gasteiger partial charge in [-0.25, -0.2) is 4.79 Å². The van der Waals surface area contributed by atoms with Gasteiger partial charge >= 0.3 is 5.97 Å². The molecule has 0 fully saturated rings. The third-order valence-electron chi connectivity index (χ3n) is 4.07. The predicted octanol–water partition coefficient (Wildman–Crippen LogP) is 2.91. The fourth-order valence-corrected chi connectivity index (χ4v) is 2.57. The molecule has 0 saturated carbocycles. The van der Waals surface area contributed by atoms with E-state index in [4.69, 9.17) is 4.74 Å². The van der Waals surface area contributed by atoms with Gasteiger partial charge in [0.1, 0.15) is 6.04 Å². The van der Waals surface area contributed by atoms with Crippen LogP contribution in [0, 0.1) is 20.8 Å². The first kappa shape index (κ1) is 20.2. The number of benzene rings is 2. The number of amides is 2. The van der Waals surface area contributed by atoms with Gasteiger partial charge in [0, 0.05) is 11.3 Å². The van der Waals surface area contributed by atoms with E-state index >= 15 is 0 Å². The number of hydrogen-bond acceptors (Lipinski definition) is 4. The van der Waals surface area contributed by atoms with Crippen LogP contribution in [0.15, 0.2) is 42.5 Å². The number of hydrogen-bond donors (Lipinski definition) is 2. The molecule has 2 aromatic rings. The molecule has 2 amide bonds. The Morgan fingerprint density at radius 3 is 2.26 bits per heavy atom. The summed E-state index contributed by atoms with van der Waals surface area (Å²) in [5.74, 6) is -1.48. The zero-order chi connectivity index (χ0) is 20.0. The van der Waals surface area contributed by atoms with Gasteiger partial charge in [-0.1, -0.05) is 35.9 Å². The lowest BCUT2D eigenvalue weighted by Gasteiger charge is -2.15. The molecule has 6 heteroatoms. The second kappa shape index (κ2) is 8.98. The van der Waals surface area contributed by atoms with E-state index in [0.29, 0.717) is 11.3 Å². The van der Waals surface area contributed by atoms with Gasteiger partial charge in [-0.15, -0.1) is 0 Å². The van der Waals surface area contributed by atoms with Crippen LogP contribution >= 0.6 is 0 Å². The summed E-state index contributed by atoms with van der Waals surface area (Å²) in [7, 11) is 0. The van der Waals surface area contributed by atoms with Gasteiger partial charge < -0.3 is 15.4 Å². The second-order valence-electron chi connectivity index (χ2n) is 6.49. The Morgan fingerprint density at radius 2 is 1.63 bits per heavy atom. The largest absolute Gasteiger partial charge is 0.454 e. The molecule has 2 aromatic carbocycles. The lowest BCUT2D eigenvalue weighted by molar-refractivity contribution is -0.148. The maximum atomic E-state index is 12.2. The average molecular weight is 368 g/mol. The molecular weight excluding hydrogens is 344 g/mol. The Balaban J connectivity index is 1.85. The molecule has 0 aromatic heterocycles. The van der Waals surface area contributed by atoms with Crippen LogP contribution in [-0.4, -0.2) is 30.4 Å². The molecule has 0 spiro atoms. The lowest BCUT2D eigenvalue weighted by Crippen LogP contribution is -2.40. The first-order valence-corrected chi connectivity index (χ1v) is 8.68. The maximum Gasteiger partial charge on any atom is 0.328 e. The zero-order valence-electron chi connectivity index (χ0n) is 16.0. The molecule has 27 heavy (non-hydrogen) atoms. The van der Waals surface area contributed by atoms with Crippen molar-refractivity contribution in [3.05, 3.63) is 64.7 Å². The predicted molar refractivity (Wildman–Crippen MR) is 104 cm³/mol. The summed E-state index contributed by atoms with van der Waals surface area (Å²) in [5.41, 5.74) is 3.96. The Hall–Kier alpha value is -3.15. The molecule has 0 unspecified atom stereocenters. The Morgan fingerprint density at radius 1 is 1.00 bits per heavy atom. The van der Waals surface area contributed by atoms with Gasteiger partial charge in [0.15, 0.2) is 6.61 Å². The van der Waals surface area contributed by atoms with E-state index in [1.807, 2.05) is 45.0 Å². The molecule has 0 radical (unpaired) electrons. The monoisotopic (exact) mass is 368 g/mol. The molecule has 0 heterocycles. The summed E-state index contributed by atoms with van der Waals surface area (Å²) in [6.07, 6.45) is 0. The smallest absolute Gasteiger partial charge is 0.328 e. The van der Waals surface area contributed by atoms with E-state index < -0.39 is 24.5 Å². The van der Waals surface area contributed by atoms with Crippen molar-refractivity contribution >= 4 is 23.5 Å². The molecule has 0 aliphatic carbocycles. The number of esters is 1. The van der Waals surface area contributed by atoms with Crippen LogP contribution in [0.5, 0.6) is 0 Å². The molecule has 6 nitrogen and oxygen atoms in total. The molecule has 2 rings (SSSR count). The van der Waals surface area contributed by atoms with Gasteiger partial charge in [-0.3, -0.25) is 9.59 Å². The number of carbonyl (C=O) groups excluding carboxylic acids is 3. The summed E-state index contributed by atoms with van der Waals surface area (Å²) in [6.45, 7) is 6.75. The van der Waals surface area contributed by atoms with E-state index in [1.54, 1.807) is 18.2 Å². The minimum Gasteiger partial charge on any atom is -0.454 e. The number of ether oxygens (including phenoxy) is 1. The van der Waals surface area contributed by atoms with Crippen molar-refractivity contribution in [1.29, 1.82) is 0 Å². The SMILES string of the molecule is Cc1cccc(C(=O)N[C@@H](C)C(=O)OCC(=O)Nc2c(C)cccc2C)c1. The van der Waals surface area contributed by atoms with E-state index in [2.05, 4.69) is 10.6 Å². The van der Waals surface area contributed by atoms with Crippen LogP contribution in [0.25, 0.3) is 0 Å². The Kier molecular flexibility index (Phi) is 6.71. The van der Waals surface area contributed by atoms with Crippen LogP contribution in [0.4, 0.5) is 5.69 Å². The second-order valence-corrected chi connectivity index (χ2v) is 6.49. The van der Waals surface area contributed by atoms with Crippen molar-refractivity contribution in [1.82, 2.24) is 5.32 Å². The third kappa shape index (κ3) is 5.67. The fourth-order valence-electron chi connectivity index (χ4n) is 2.57. The number of rotatable bonds is 6. The minimum atomic E-state index is -0.869. The standard InChI is InChI=1S/C21H24N2O4/c1-13-7-5-10-17(11-13)20(25)22-16(4)21(26)27-12-18(24)23-19-14(2)8-6-9-15(19)3/h5-11,16H,12H2,1-4H3,(H,22,25)(H,23,24)/t16-/m0/s1. The minimum absolute atomic E-state index is 0.372. The lowest BCUT2D eigenvalue weighted by atomic mass is 10.1. The van der Waals surface area contributed by atoms with Gasteiger partial charge in [-0.2, -0.15) is 0 Å². The molecule has 0 saturated heterocycles. The van der Waals surface area contributed by atoms with Crippen molar-refractivity contribution in [2.24, 2.45) is 0 Å². The quantitative estimate of drug-likeness (QED) is 0.768. The van der Waals surface area contributed by atoms with Gasteiger partial charge in [0.25, 0.3) is 11.8 Å². The normalized spacial score (nSPS) is 11.4. The van der Waals surface area contributed by atoms with E-state index in [1.165, 1.54) is 6.92 Å². The average Bonchev–Trinajstić information content (AvgIpc) is 2.62. The van der Waals surface area contributed by atoms with Crippen LogP contribution in [-0.2, 0) is 14.3 Å². The van der Waals surface area contributed by atoms with Crippen LogP contribution < -0.4 is 10.6 Å². The van der Waals surface area contributed by atoms with Crippen LogP contribution in [0.1, 0.15) is 34.0 Å². The topological polar surface area (TPSA) is 84.5 Å². The first-order valence-electron chi connectivity index (χ1n) is 8.68. The Labute approximate surface area is 158 Å². The van der Waals surface area contributed by atoms with E-state index in [-0.39, 0.29) is 5.91 Å². The van der Waals surface area contributed by atoms with Gasteiger partial charge in [-0.05, 0) is 51.0 Å². The van der Waals surface area contributed by atoms with Crippen molar-refractivity contribution < 1.29 is 19.1 Å². The molecule has 0 aliphatic rings. The number of carbonyl (C=O) groups is 3. The summed E-state index contributed by atoms with van der Waals surface area (Å²) < 4.78 is 5.01. The van der Waals surface area contributed by atoms with Crippen LogP contribution in [0.3, 0.4) is 0 Å². The summed E-state index contributed by atoms with van der Waals surface area (Å²) >= 11 is 0. The summed E-state index contributed by atoms with van der Waals surface area (Å²) in [4.78, 5) is 36.3. The molecule has 2 N–H and O–H groups in total. The molecule has 142 valence electrons. The van der Waals surface area contributed by atoms with E-state index in [0.717, 1.165) is 16.7 Å². The number of aryl methyl sites for hydroxylation is 3. The number of anilines is 1. The highest BCUT2D eigenvalue weighted by molar-refractivity contribution is 5.97. The first-order chi connectivity index (χ1) is 12.8. The van der Waals surface area contributed by atoms with Crippen molar-refractivity contribution in [3.8, 4) is 0 Å². The van der Waals surface area contributed by atoms with Crippen molar-refractivity contribution in [2.75, 3.05) is 11.9 Å². The number of nitrogens with one attached hydrogen (secondary N) is 2. The molecule has 1 atom stereocenters. The van der Waals surface area contributed by atoms with E-state index in [9.17, 15) is 14.4 Å². The highest BCUT2D eigenvalue weighted by atomic mass is 16.5. The van der Waals surface area contributed by atoms with Crippen molar-refractivity contribution in [3.63, 3.8) is 0 Å². The molecule has 0 bridgehead atoms. The van der Waals surface area contributed by atoms with Gasteiger partial charge in [0.05, 0.1) is 0 Å². The number of para-hydroxylation sites is 1. The fraction of sp³-hybridized carbons (Fsp3) is 0.286. The maximum absolute atomic E-state index is 12.2. The van der Waals surface area contributed by atoms with Crippen molar-refractivity contribution in [2.45, 2.75) is 33.7 Å². The highest BCUT2D eigenvalue weighted by Crippen LogP contribution is 2.19.